The molecular weight excluding hydrogens is 244 g/mol. The van der Waals surface area contributed by atoms with Crippen LogP contribution in [-0.2, 0) is 4.79 Å². The maximum absolute atomic E-state index is 9.67. The smallest absolute Gasteiger partial charge is 0.327 e. The Morgan fingerprint density at radius 1 is 1.26 bits per heavy atom. The molecule has 0 radical (unpaired) electrons. The van der Waals surface area contributed by atoms with E-state index < -0.39 is 11.8 Å². The topological polar surface area (TPSA) is 77.8 Å². The van der Waals surface area contributed by atoms with Gasteiger partial charge in [-0.3, -0.25) is 0 Å². The van der Waals surface area contributed by atoms with E-state index in [2.05, 4.69) is 20.4 Å². The summed E-state index contributed by atoms with van der Waals surface area (Å²) in [6.45, 7) is 9.24. The van der Waals surface area contributed by atoms with Crippen molar-refractivity contribution < 1.29 is 20.1 Å². The van der Waals surface area contributed by atoms with Crippen molar-refractivity contribution in [3.05, 3.63) is 12.7 Å². The first-order valence-electron chi connectivity index (χ1n) is 7.13. The van der Waals surface area contributed by atoms with Gasteiger partial charge in [-0.1, -0.05) is 59.5 Å². The Bertz CT molecular complexity index is 236. The van der Waals surface area contributed by atoms with E-state index in [9.17, 15) is 15.0 Å². The average molecular weight is 274 g/mol. The maximum atomic E-state index is 9.67. The summed E-state index contributed by atoms with van der Waals surface area (Å²) < 4.78 is 0. The van der Waals surface area contributed by atoms with Crippen LogP contribution >= 0.6 is 0 Å². The highest BCUT2D eigenvalue weighted by Gasteiger charge is 2.25. The number of carboxylic acids is 1. The molecule has 0 aliphatic carbocycles. The molecule has 0 saturated heterocycles. The second-order valence-electron chi connectivity index (χ2n) is 4.90. The highest BCUT2D eigenvalue weighted by atomic mass is 16.5. The molecule has 0 saturated carbocycles. The van der Waals surface area contributed by atoms with Crippen molar-refractivity contribution in [1.82, 2.24) is 0 Å². The van der Waals surface area contributed by atoms with Gasteiger partial charge in [0.2, 0.25) is 0 Å². The first kappa shape index (κ1) is 20.4. The van der Waals surface area contributed by atoms with Crippen LogP contribution in [0.1, 0.15) is 65.7 Å². The quantitative estimate of drug-likeness (QED) is 0.445. The van der Waals surface area contributed by atoms with Gasteiger partial charge < -0.3 is 15.3 Å². The van der Waals surface area contributed by atoms with Crippen molar-refractivity contribution in [2.24, 2.45) is 5.92 Å². The third-order valence-electron chi connectivity index (χ3n) is 2.98. The summed E-state index contributed by atoms with van der Waals surface area (Å²) >= 11 is 0. The standard InChI is InChI=1S/C12H26O2.C3H4O2/c1-4-7-8-11(6-3)10-12(13,14)9-5-2;1-2-3(4)5/h11,13-14H,4-10H2,1-3H3;2H,1H2,(H,4,5). The van der Waals surface area contributed by atoms with Crippen LogP contribution in [-0.4, -0.2) is 27.1 Å². The molecule has 0 bridgehead atoms. The van der Waals surface area contributed by atoms with Gasteiger partial charge in [-0.2, -0.15) is 0 Å². The number of carbonyl (C=O) groups is 1. The average Bonchev–Trinajstić information content (AvgIpc) is 2.34. The van der Waals surface area contributed by atoms with Gasteiger partial charge in [-0.15, -0.1) is 0 Å². The molecule has 0 fully saturated rings. The highest BCUT2D eigenvalue weighted by Crippen LogP contribution is 2.25. The first-order chi connectivity index (χ1) is 8.82. The normalized spacial score (nSPS) is 12.3. The molecule has 0 aromatic heterocycles. The zero-order valence-corrected chi connectivity index (χ0v) is 12.6. The summed E-state index contributed by atoms with van der Waals surface area (Å²) in [7, 11) is 0. The Kier molecular flexibility index (Phi) is 13.1. The lowest BCUT2D eigenvalue weighted by atomic mass is 9.90. The summed E-state index contributed by atoms with van der Waals surface area (Å²) in [5, 5.41) is 26.9. The molecule has 0 aliphatic heterocycles. The zero-order chi connectivity index (χ0) is 15.3. The van der Waals surface area contributed by atoms with Crippen molar-refractivity contribution in [2.45, 2.75) is 71.5 Å². The van der Waals surface area contributed by atoms with E-state index in [1.54, 1.807) is 0 Å². The summed E-state index contributed by atoms with van der Waals surface area (Å²) in [5.41, 5.74) is 0. The zero-order valence-electron chi connectivity index (χ0n) is 12.6. The highest BCUT2D eigenvalue weighted by molar-refractivity contribution is 5.78. The van der Waals surface area contributed by atoms with Crippen LogP contribution in [0.15, 0.2) is 12.7 Å². The van der Waals surface area contributed by atoms with Gasteiger partial charge >= 0.3 is 5.97 Å². The van der Waals surface area contributed by atoms with Crippen LogP contribution < -0.4 is 0 Å². The molecule has 3 N–H and O–H groups in total. The molecule has 0 aliphatic rings. The van der Waals surface area contributed by atoms with Gasteiger partial charge in [0.05, 0.1) is 0 Å². The predicted octanol–water partition coefficient (Wildman–Crippen LogP) is 3.33. The number of carboxylic acid groups (broad SMARTS) is 1. The third-order valence-corrected chi connectivity index (χ3v) is 2.98. The number of hydrogen-bond donors (Lipinski definition) is 3. The fourth-order valence-corrected chi connectivity index (χ4v) is 1.91. The van der Waals surface area contributed by atoms with E-state index in [0.29, 0.717) is 18.8 Å². The number of unbranched alkanes of at least 4 members (excludes halogenated alkanes) is 1. The molecule has 4 heteroatoms. The number of aliphatic hydroxyl groups is 2. The summed E-state index contributed by atoms with van der Waals surface area (Å²) in [6.07, 6.45) is 7.26. The van der Waals surface area contributed by atoms with Gasteiger partial charge in [-0.05, 0) is 5.92 Å². The van der Waals surface area contributed by atoms with Crippen LogP contribution in [0.4, 0.5) is 0 Å². The molecule has 114 valence electrons. The molecule has 0 spiro atoms. The second-order valence-corrected chi connectivity index (χ2v) is 4.90. The lowest BCUT2D eigenvalue weighted by Gasteiger charge is -2.26. The van der Waals surface area contributed by atoms with E-state index in [0.717, 1.165) is 25.3 Å². The fraction of sp³-hybridized carbons (Fsp3) is 0.800. The van der Waals surface area contributed by atoms with Crippen LogP contribution in [0.25, 0.3) is 0 Å². The molecule has 4 nitrogen and oxygen atoms in total. The maximum Gasteiger partial charge on any atom is 0.327 e. The lowest BCUT2D eigenvalue weighted by Crippen LogP contribution is -2.30. The summed E-state index contributed by atoms with van der Waals surface area (Å²) in [5.74, 6) is -1.94. The number of rotatable bonds is 9. The molecule has 19 heavy (non-hydrogen) atoms. The lowest BCUT2D eigenvalue weighted by molar-refractivity contribution is -0.179. The minimum atomic E-state index is -1.43. The Balaban J connectivity index is 0. The van der Waals surface area contributed by atoms with E-state index in [-0.39, 0.29) is 0 Å². The second kappa shape index (κ2) is 12.2. The minimum Gasteiger partial charge on any atom is -0.478 e. The SMILES string of the molecule is C=CC(=O)O.CCCCC(CC)CC(O)(O)CCC. The number of hydrogen-bond acceptors (Lipinski definition) is 3. The van der Waals surface area contributed by atoms with Crippen molar-refractivity contribution in [3.63, 3.8) is 0 Å². The Morgan fingerprint density at radius 3 is 2.11 bits per heavy atom. The van der Waals surface area contributed by atoms with Crippen LogP contribution in [0.5, 0.6) is 0 Å². The molecule has 0 amide bonds. The van der Waals surface area contributed by atoms with E-state index in [4.69, 9.17) is 5.11 Å². The Morgan fingerprint density at radius 2 is 1.79 bits per heavy atom. The summed E-state index contributed by atoms with van der Waals surface area (Å²) in [6, 6.07) is 0. The first-order valence-corrected chi connectivity index (χ1v) is 7.13. The molecule has 1 unspecified atom stereocenters. The Hall–Kier alpha value is -0.870. The van der Waals surface area contributed by atoms with Crippen LogP contribution in [0.3, 0.4) is 0 Å². The number of aliphatic carboxylic acids is 1. The van der Waals surface area contributed by atoms with Crippen molar-refractivity contribution in [3.8, 4) is 0 Å². The minimum absolute atomic E-state index is 0.469. The molecule has 1 atom stereocenters. The molecule has 0 aromatic carbocycles. The molecule has 0 aromatic rings. The van der Waals surface area contributed by atoms with Gasteiger partial charge in [0.1, 0.15) is 0 Å². The monoisotopic (exact) mass is 274 g/mol. The Labute approximate surface area is 117 Å². The largest absolute Gasteiger partial charge is 0.478 e. The van der Waals surface area contributed by atoms with Crippen molar-refractivity contribution in [2.75, 3.05) is 0 Å². The van der Waals surface area contributed by atoms with Crippen molar-refractivity contribution >= 4 is 5.97 Å². The molecule has 0 rings (SSSR count). The fourth-order valence-electron chi connectivity index (χ4n) is 1.91. The van der Waals surface area contributed by atoms with Gasteiger partial charge in [-0.25, -0.2) is 4.79 Å². The van der Waals surface area contributed by atoms with Gasteiger partial charge in [0, 0.05) is 18.9 Å². The van der Waals surface area contributed by atoms with E-state index in [1.165, 1.54) is 12.8 Å². The molecule has 0 heterocycles. The molecular formula is C15H30O4. The van der Waals surface area contributed by atoms with E-state index >= 15 is 0 Å². The van der Waals surface area contributed by atoms with Crippen molar-refractivity contribution in [1.29, 1.82) is 0 Å². The third kappa shape index (κ3) is 15.1. The van der Waals surface area contributed by atoms with E-state index in [1.807, 2.05) is 6.92 Å². The van der Waals surface area contributed by atoms with Gasteiger partial charge in [0.25, 0.3) is 0 Å². The van der Waals surface area contributed by atoms with Crippen LogP contribution in [0, 0.1) is 5.92 Å². The predicted molar refractivity (Wildman–Crippen MR) is 77.8 cm³/mol. The van der Waals surface area contributed by atoms with Gasteiger partial charge in [0.15, 0.2) is 5.79 Å². The van der Waals surface area contributed by atoms with Crippen LogP contribution in [0.2, 0.25) is 0 Å². The summed E-state index contributed by atoms with van der Waals surface area (Å²) in [4.78, 5) is 9.25.